The molecule has 0 amide bonds. The van der Waals surface area contributed by atoms with Gasteiger partial charge in [0.1, 0.15) is 0 Å². The Morgan fingerprint density at radius 1 is 1.10 bits per heavy atom. The maximum Gasteiger partial charge on any atom is 0.185 e. The summed E-state index contributed by atoms with van der Waals surface area (Å²) in [6.45, 7) is 5.95. The molecule has 0 aliphatic carbocycles. The number of aromatic nitrogens is 4. The summed E-state index contributed by atoms with van der Waals surface area (Å²) in [6.07, 6.45) is 0. The Bertz CT molecular complexity index is 826. The minimum atomic E-state index is 0.474. The Kier molecular flexibility index (Phi) is 3.26. The van der Waals surface area contributed by atoms with E-state index < -0.39 is 0 Å². The van der Waals surface area contributed by atoms with Gasteiger partial charge in [-0.05, 0) is 38.0 Å². The molecule has 0 aliphatic heterocycles. The number of aryl methyl sites for hydroxylation is 2. The maximum absolute atomic E-state index is 6.17. The van der Waals surface area contributed by atoms with Crippen molar-refractivity contribution in [2.75, 3.05) is 0 Å². The van der Waals surface area contributed by atoms with Gasteiger partial charge >= 0.3 is 0 Å². The van der Waals surface area contributed by atoms with Crippen molar-refractivity contribution in [1.82, 2.24) is 19.8 Å². The number of hydrogen-bond acceptors (Lipinski definition) is 3. The van der Waals surface area contributed by atoms with Crippen LogP contribution in [0.3, 0.4) is 0 Å². The highest BCUT2D eigenvalue weighted by molar-refractivity contribution is 9.10. The molecule has 6 heteroatoms. The van der Waals surface area contributed by atoms with E-state index in [2.05, 4.69) is 31.2 Å². The number of fused-ring (bicyclic) bond motifs is 1. The van der Waals surface area contributed by atoms with Crippen molar-refractivity contribution in [3.63, 3.8) is 0 Å². The third-order valence-corrected chi connectivity index (χ3v) is 4.68. The second kappa shape index (κ2) is 4.82. The average molecular weight is 352 g/mol. The quantitative estimate of drug-likeness (QED) is 0.662. The molecule has 0 atom stereocenters. The number of nitrogens with zero attached hydrogens (tertiary/aromatic N) is 4. The van der Waals surface area contributed by atoms with Crippen molar-refractivity contribution < 1.29 is 0 Å². The molecule has 0 saturated carbocycles. The molecule has 0 radical (unpaired) electrons. The van der Waals surface area contributed by atoms with Crippen molar-refractivity contribution in [2.45, 2.75) is 20.8 Å². The van der Waals surface area contributed by atoms with Crippen molar-refractivity contribution in [1.29, 1.82) is 0 Å². The summed E-state index contributed by atoms with van der Waals surface area (Å²) < 4.78 is 2.73. The molecule has 0 spiro atoms. The van der Waals surface area contributed by atoms with Gasteiger partial charge in [0, 0.05) is 15.6 Å². The third kappa shape index (κ3) is 2.01. The molecule has 0 saturated heterocycles. The van der Waals surface area contributed by atoms with Gasteiger partial charge in [0.05, 0.1) is 0 Å². The van der Waals surface area contributed by atoms with E-state index in [0.717, 1.165) is 26.8 Å². The van der Waals surface area contributed by atoms with Crippen LogP contribution in [0.1, 0.15) is 16.7 Å². The highest BCUT2D eigenvalue weighted by atomic mass is 79.9. The van der Waals surface area contributed by atoms with Crippen LogP contribution in [0, 0.1) is 20.8 Å². The molecule has 0 bridgehead atoms. The molecule has 4 nitrogen and oxygen atoms in total. The fraction of sp³-hybridized carbons (Fsp3) is 0.214. The largest absolute Gasteiger partial charge is 0.191 e. The minimum absolute atomic E-state index is 0.474. The first kappa shape index (κ1) is 13.5. The Labute approximate surface area is 129 Å². The number of benzene rings is 1. The van der Waals surface area contributed by atoms with Gasteiger partial charge in [-0.1, -0.05) is 39.7 Å². The van der Waals surface area contributed by atoms with Crippen molar-refractivity contribution in [2.24, 2.45) is 0 Å². The molecule has 3 aromatic rings. The molecule has 0 fully saturated rings. The third-order valence-electron chi connectivity index (χ3n) is 3.47. The molecule has 1 aromatic carbocycles. The standard InChI is InChI=1S/C14H12BrClN4/c1-7-4-5-10(6-11(7)15)14-18-17-13-9(3)8(2)12(16)19-20(13)14/h4-6H,1-3H3. The summed E-state index contributed by atoms with van der Waals surface area (Å²) in [5.41, 5.74) is 4.78. The maximum atomic E-state index is 6.17. The molecule has 0 aliphatic rings. The van der Waals surface area contributed by atoms with E-state index in [1.165, 1.54) is 5.56 Å². The minimum Gasteiger partial charge on any atom is -0.191 e. The van der Waals surface area contributed by atoms with Gasteiger partial charge in [-0.3, -0.25) is 0 Å². The van der Waals surface area contributed by atoms with Crippen LogP contribution in [0.2, 0.25) is 5.15 Å². The lowest BCUT2D eigenvalue weighted by atomic mass is 10.1. The normalized spacial score (nSPS) is 11.2. The molecule has 0 unspecified atom stereocenters. The van der Waals surface area contributed by atoms with Gasteiger partial charge in [0.15, 0.2) is 16.6 Å². The zero-order valence-electron chi connectivity index (χ0n) is 11.3. The fourth-order valence-electron chi connectivity index (χ4n) is 2.01. The molecule has 2 aromatic heterocycles. The molecular formula is C14H12BrClN4. The molecule has 102 valence electrons. The Hall–Kier alpha value is -1.46. The van der Waals surface area contributed by atoms with E-state index in [0.29, 0.717) is 11.0 Å². The number of halogens is 2. The summed E-state index contributed by atoms with van der Waals surface area (Å²) in [6, 6.07) is 6.04. The predicted molar refractivity (Wildman–Crippen MR) is 83.1 cm³/mol. The SMILES string of the molecule is Cc1ccc(-c2nnc3c(C)c(C)c(Cl)nn23)cc1Br. The van der Waals surface area contributed by atoms with Crippen LogP contribution in [-0.2, 0) is 0 Å². The Morgan fingerprint density at radius 2 is 1.85 bits per heavy atom. The first-order valence-electron chi connectivity index (χ1n) is 6.13. The predicted octanol–water partition coefficient (Wildman–Crippen LogP) is 4.13. The van der Waals surface area contributed by atoms with Crippen LogP contribution in [0.15, 0.2) is 22.7 Å². The lowest BCUT2D eigenvalue weighted by molar-refractivity contribution is 0.919. The summed E-state index contributed by atoms with van der Waals surface area (Å²) in [7, 11) is 0. The van der Waals surface area contributed by atoms with Crippen molar-refractivity contribution in [3.05, 3.63) is 44.5 Å². The highest BCUT2D eigenvalue weighted by Crippen LogP contribution is 2.27. The van der Waals surface area contributed by atoms with E-state index in [1.54, 1.807) is 4.52 Å². The first-order chi connectivity index (χ1) is 9.49. The second-order valence-corrected chi connectivity index (χ2v) is 5.98. The van der Waals surface area contributed by atoms with E-state index in [1.807, 2.05) is 39.0 Å². The monoisotopic (exact) mass is 350 g/mol. The Balaban J connectivity index is 2.29. The zero-order valence-corrected chi connectivity index (χ0v) is 13.6. The van der Waals surface area contributed by atoms with Gasteiger partial charge in [-0.25, -0.2) is 0 Å². The van der Waals surface area contributed by atoms with Crippen LogP contribution >= 0.6 is 27.5 Å². The average Bonchev–Trinajstić information content (AvgIpc) is 2.83. The molecule has 20 heavy (non-hydrogen) atoms. The van der Waals surface area contributed by atoms with Gasteiger partial charge in [0.25, 0.3) is 0 Å². The summed E-state index contributed by atoms with van der Waals surface area (Å²) in [5, 5.41) is 13.3. The topological polar surface area (TPSA) is 43.1 Å². The summed E-state index contributed by atoms with van der Waals surface area (Å²) in [4.78, 5) is 0. The fourth-order valence-corrected chi connectivity index (χ4v) is 2.60. The van der Waals surface area contributed by atoms with Gasteiger partial charge in [0.2, 0.25) is 0 Å². The van der Waals surface area contributed by atoms with Crippen LogP contribution < -0.4 is 0 Å². The number of rotatable bonds is 1. The van der Waals surface area contributed by atoms with Crippen LogP contribution in [0.25, 0.3) is 17.0 Å². The van der Waals surface area contributed by atoms with Gasteiger partial charge < -0.3 is 0 Å². The van der Waals surface area contributed by atoms with Gasteiger partial charge in [-0.15, -0.1) is 10.2 Å². The molecule has 2 heterocycles. The molecule has 3 rings (SSSR count). The van der Waals surface area contributed by atoms with E-state index in [4.69, 9.17) is 11.6 Å². The van der Waals surface area contributed by atoms with Crippen molar-refractivity contribution in [3.8, 4) is 11.4 Å². The zero-order chi connectivity index (χ0) is 14.4. The van der Waals surface area contributed by atoms with Crippen LogP contribution in [0.5, 0.6) is 0 Å². The molecular weight excluding hydrogens is 340 g/mol. The summed E-state index contributed by atoms with van der Waals surface area (Å²) in [5.74, 6) is 0.686. The summed E-state index contributed by atoms with van der Waals surface area (Å²) >= 11 is 9.70. The Morgan fingerprint density at radius 3 is 2.55 bits per heavy atom. The van der Waals surface area contributed by atoms with E-state index >= 15 is 0 Å². The number of hydrogen-bond donors (Lipinski definition) is 0. The smallest absolute Gasteiger partial charge is 0.185 e. The van der Waals surface area contributed by atoms with Crippen LogP contribution in [0.4, 0.5) is 0 Å². The van der Waals surface area contributed by atoms with Gasteiger partial charge in [-0.2, -0.15) is 9.61 Å². The van der Waals surface area contributed by atoms with E-state index in [-0.39, 0.29) is 0 Å². The molecule has 0 N–H and O–H groups in total. The first-order valence-corrected chi connectivity index (χ1v) is 7.30. The highest BCUT2D eigenvalue weighted by Gasteiger charge is 2.15. The lowest BCUT2D eigenvalue weighted by Gasteiger charge is -2.06. The van der Waals surface area contributed by atoms with E-state index in [9.17, 15) is 0 Å². The second-order valence-electron chi connectivity index (χ2n) is 4.76. The van der Waals surface area contributed by atoms with Crippen LogP contribution in [-0.4, -0.2) is 19.8 Å². The lowest BCUT2D eigenvalue weighted by Crippen LogP contribution is -2.00. The van der Waals surface area contributed by atoms with Crippen molar-refractivity contribution >= 4 is 33.2 Å².